The highest BCUT2D eigenvalue weighted by molar-refractivity contribution is 5.80. The van der Waals surface area contributed by atoms with E-state index in [9.17, 15) is 14.7 Å². The number of amides is 2. The van der Waals surface area contributed by atoms with E-state index in [1.807, 2.05) is 20.8 Å². The van der Waals surface area contributed by atoms with Crippen molar-refractivity contribution in [3.05, 3.63) is 12.7 Å². The smallest absolute Gasteiger partial charge is 0.320 e. The van der Waals surface area contributed by atoms with E-state index in [1.54, 1.807) is 15.9 Å². The van der Waals surface area contributed by atoms with Crippen LogP contribution in [0.15, 0.2) is 12.7 Å². The highest BCUT2D eigenvalue weighted by Gasteiger charge is 2.46. The Morgan fingerprint density at radius 2 is 2.15 bits per heavy atom. The van der Waals surface area contributed by atoms with Gasteiger partial charge in [0.15, 0.2) is 0 Å². The van der Waals surface area contributed by atoms with Gasteiger partial charge in [0, 0.05) is 25.7 Å². The molecule has 5 nitrogen and oxygen atoms in total. The number of carboxylic acid groups (broad SMARTS) is 1. The Bertz CT molecular complexity index is 381. The van der Waals surface area contributed by atoms with Crippen molar-refractivity contribution in [3.63, 3.8) is 0 Å². The third kappa shape index (κ3) is 3.32. The van der Waals surface area contributed by atoms with E-state index < -0.39 is 11.4 Å². The highest BCUT2D eigenvalue weighted by Crippen LogP contribution is 2.36. The van der Waals surface area contributed by atoms with E-state index in [0.717, 1.165) is 6.42 Å². The average Bonchev–Trinajstić information content (AvgIpc) is 2.81. The number of hydrogen-bond donors (Lipinski definition) is 1. The van der Waals surface area contributed by atoms with E-state index in [1.165, 1.54) is 0 Å². The molecule has 5 heteroatoms. The van der Waals surface area contributed by atoms with E-state index in [0.29, 0.717) is 32.5 Å². The number of hydrogen-bond acceptors (Lipinski definition) is 2. The molecule has 0 aliphatic carbocycles. The van der Waals surface area contributed by atoms with Gasteiger partial charge >= 0.3 is 12.0 Å². The van der Waals surface area contributed by atoms with Crippen LogP contribution in [0.25, 0.3) is 0 Å². The fourth-order valence-corrected chi connectivity index (χ4v) is 2.83. The SMILES string of the molecule is C=CCN(C(=O)N1CCC(CCC)(C(=O)O)C1)C(C)C. The predicted molar refractivity (Wildman–Crippen MR) is 78.6 cm³/mol. The third-order valence-electron chi connectivity index (χ3n) is 4.00. The molecule has 0 saturated carbocycles. The van der Waals surface area contributed by atoms with Crippen LogP contribution < -0.4 is 0 Å². The second-order valence-electron chi connectivity index (χ2n) is 5.82. The molecule has 1 heterocycles. The normalized spacial score (nSPS) is 22.1. The zero-order valence-corrected chi connectivity index (χ0v) is 12.8. The lowest BCUT2D eigenvalue weighted by atomic mass is 9.83. The van der Waals surface area contributed by atoms with Crippen LogP contribution in [0.3, 0.4) is 0 Å². The Morgan fingerprint density at radius 3 is 2.60 bits per heavy atom. The Hall–Kier alpha value is -1.52. The van der Waals surface area contributed by atoms with Crippen LogP contribution in [0, 0.1) is 5.41 Å². The number of carbonyl (C=O) groups excluding carboxylic acids is 1. The second-order valence-corrected chi connectivity index (χ2v) is 5.82. The number of likely N-dealkylation sites (tertiary alicyclic amines) is 1. The van der Waals surface area contributed by atoms with E-state index in [4.69, 9.17) is 0 Å². The van der Waals surface area contributed by atoms with Gasteiger partial charge in [-0.15, -0.1) is 6.58 Å². The molecular weight excluding hydrogens is 256 g/mol. The molecule has 0 spiro atoms. The molecule has 1 saturated heterocycles. The minimum absolute atomic E-state index is 0.0755. The highest BCUT2D eigenvalue weighted by atomic mass is 16.4. The van der Waals surface area contributed by atoms with Crippen molar-refractivity contribution in [2.75, 3.05) is 19.6 Å². The molecule has 114 valence electrons. The van der Waals surface area contributed by atoms with Crippen molar-refractivity contribution in [1.29, 1.82) is 0 Å². The van der Waals surface area contributed by atoms with Crippen LogP contribution in [0.1, 0.15) is 40.0 Å². The molecule has 0 bridgehead atoms. The third-order valence-corrected chi connectivity index (χ3v) is 4.00. The Labute approximate surface area is 121 Å². The Kier molecular flexibility index (Phi) is 5.60. The minimum Gasteiger partial charge on any atom is -0.481 e. The van der Waals surface area contributed by atoms with Gasteiger partial charge in [-0.25, -0.2) is 4.79 Å². The van der Waals surface area contributed by atoms with Gasteiger partial charge in [-0.05, 0) is 26.7 Å². The summed E-state index contributed by atoms with van der Waals surface area (Å²) >= 11 is 0. The van der Waals surface area contributed by atoms with Crippen molar-refractivity contribution in [2.45, 2.75) is 46.1 Å². The fraction of sp³-hybridized carbons (Fsp3) is 0.733. The van der Waals surface area contributed by atoms with Gasteiger partial charge in [-0.2, -0.15) is 0 Å². The number of aliphatic carboxylic acids is 1. The first kappa shape index (κ1) is 16.5. The minimum atomic E-state index is -0.783. The maximum Gasteiger partial charge on any atom is 0.320 e. The largest absolute Gasteiger partial charge is 0.481 e. The molecule has 20 heavy (non-hydrogen) atoms. The molecule has 1 N–H and O–H groups in total. The Morgan fingerprint density at radius 1 is 1.50 bits per heavy atom. The molecule has 2 amide bonds. The number of urea groups is 1. The molecule has 1 aliphatic rings. The van der Waals surface area contributed by atoms with Crippen LogP contribution in [0.4, 0.5) is 4.79 Å². The summed E-state index contributed by atoms with van der Waals surface area (Å²) in [5.41, 5.74) is -0.763. The molecule has 1 fully saturated rings. The van der Waals surface area contributed by atoms with Crippen LogP contribution in [-0.4, -0.2) is 52.6 Å². The van der Waals surface area contributed by atoms with Gasteiger partial charge < -0.3 is 14.9 Å². The summed E-state index contributed by atoms with van der Waals surface area (Å²) in [6.45, 7) is 10.9. The van der Waals surface area contributed by atoms with Crippen molar-refractivity contribution in [2.24, 2.45) is 5.41 Å². The van der Waals surface area contributed by atoms with Gasteiger partial charge in [0.1, 0.15) is 0 Å². The summed E-state index contributed by atoms with van der Waals surface area (Å²) in [6.07, 6.45) is 3.68. The molecule has 0 aromatic rings. The summed E-state index contributed by atoms with van der Waals surface area (Å²) in [5, 5.41) is 9.48. The monoisotopic (exact) mass is 282 g/mol. The summed E-state index contributed by atoms with van der Waals surface area (Å²) in [7, 11) is 0. The molecule has 1 rings (SSSR count). The van der Waals surface area contributed by atoms with Crippen molar-refractivity contribution < 1.29 is 14.7 Å². The molecule has 0 radical (unpaired) electrons. The van der Waals surface area contributed by atoms with Gasteiger partial charge in [0.25, 0.3) is 0 Å². The van der Waals surface area contributed by atoms with Gasteiger partial charge in [-0.3, -0.25) is 4.79 Å². The average molecular weight is 282 g/mol. The summed E-state index contributed by atoms with van der Waals surface area (Å²) in [6, 6.07) is -0.00867. The fourth-order valence-electron chi connectivity index (χ4n) is 2.83. The molecule has 0 aromatic carbocycles. The lowest BCUT2D eigenvalue weighted by molar-refractivity contribution is -0.148. The number of carboxylic acids is 1. The number of nitrogens with zero attached hydrogens (tertiary/aromatic N) is 2. The van der Waals surface area contributed by atoms with Gasteiger partial charge in [0.2, 0.25) is 0 Å². The number of rotatable bonds is 6. The van der Waals surface area contributed by atoms with Gasteiger partial charge in [0.05, 0.1) is 5.41 Å². The first-order chi connectivity index (χ1) is 9.38. The summed E-state index contributed by atoms with van der Waals surface area (Å²) in [4.78, 5) is 27.4. The van der Waals surface area contributed by atoms with Crippen LogP contribution in [0.5, 0.6) is 0 Å². The van der Waals surface area contributed by atoms with Crippen molar-refractivity contribution in [3.8, 4) is 0 Å². The van der Waals surface area contributed by atoms with Crippen molar-refractivity contribution in [1.82, 2.24) is 9.80 Å². The van der Waals surface area contributed by atoms with E-state index >= 15 is 0 Å². The van der Waals surface area contributed by atoms with Crippen LogP contribution >= 0.6 is 0 Å². The molecular formula is C15H26N2O3. The number of carbonyl (C=O) groups is 2. The van der Waals surface area contributed by atoms with E-state index in [2.05, 4.69) is 6.58 Å². The summed E-state index contributed by atoms with van der Waals surface area (Å²) < 4.78 is 0. The first-order valence-corrected chi connectivity index (χ1v) is 7.27. The molecule has 1 unspecified atom stereocenters. The molecule has 1 aliphatic heterocycles. The Balaban J connectivity index is 2.82. The van der Waals surface area contributed by atoms with E-state index in [-0.39, 0.29) is 12.1 Å². The topological polar surface area (TPSA) is 60.9 Å². The lowest BCUT2D eigenvalue weighted by Gasteiger charge is -2.31. The van der Waals surface area contributed by atoms with Crippen LogP contribution in [-0.2, 0) is 4.79 Å². The quantitative estimate of drug-likeness (QED) is 0.762. The maximum atomic E-state index is 12.5. The molecule has 1 atom stereocenters. The summed E-state index contributed by atoms with van der Waals surface area (Å²) in [5.74, 6) is -0.783. The van der Waals surface area contributed by atoms with Crippen molar-refractivity contribution >= 4 is 12.0 Å². The molecule has 0 aromatic heterocycles. The second kappa shape index (κ2) is 6.77. The lowest BCUT2D eigenvalue weighted by Crippen LogP contribution is -2.47. The van der Waals surface area contributed by atoms with Gasteiger partial charge in [-0.1, -0.05) is 19.4 Å². The predicted octanol–water partition coefficient (Wildman–Crippen LogP) is 2.58. The zero-order chi connectivity index (χ0) is 15.3. The van der Waals surface area contributed by atoms with Crippen LogP contribution in [0.2, 0.25) is 0 Å². The maximum absolute atomic E-state index is 12.5. The standard InChI is InChI=1S/C15H26N2O3/c1-5-7-15(13(18)19)8-10-16(11-15)14(20)17(9-6-2)12(3)4/h6,12H,2,5,7-11H2,1,3-4H3,(H,18,19). The zero-order valence-electron chi connectivity index (χ0n) is 12.8. The first-order valence-electron chi connectivity index (χ1n) is 7.27.